The highest BCUT2D eigenvalue weighted by molar-refractivity contribution is 5.95. The Bertz CT molecular complexity index is 837. The number of aliphatic carboxylic acids is 1. The van der Waals surface area contributed by atoms with Gasteiger partial charge in [-0.1, -0.05) is 12.1 Å². The van der Waals surface area contributed by atoms with E-state index in [4.69, 9.17) is 0 Å². The summed E-state index contributed by atoms with van der Waals surface area (Å²) in [6.07, 6.45) is 1.59. The van der Waals surface area contributed by atoms with Crippen LogP contribution in [-0.2, 0) is 11.2 Å². The van der Waals surface area contributed by atoms with Gasteiger partial charge < -0.3 is 25.5 Å². The minimum Gasteiger partial charge on any atom is -0.504 e. The van der Waals surface area contributed by atoms with Crippen LogP contribution in [0.4, 0.5) is 0 Å². The molecule has 1 unspecified atom stereocenters. The van der Waals surface area contributed by atoms with E-state index in [-0.39, 0.29) is 35.0 Å². The minimum atomic E-state index is -1.11. The van der Waals surface area contributed by atoms with Crippen molar-refractivity contribution in [1.82, 2.24) is 0 Å². The molecule has 0 fully saturated rings. The first-order valence-corrected chi connectivity index (χ1v) is 6.89. The molecular weight excluding hydrogens is 300 g/mol. The van der Waals surface area contributed by atoms with Crippen molar-refractivity contribution in [3.63, 3.8) is 0 Å². The number of hydrogen-bond acceptors (Lipinski definition) is 5. The molecule has 0 saturated carbocycles. The number of benzene rings is 2. The van der Waals surface area contributed by atoms with Crippen LogP contribution >= 0.6 is 0 Å². The van der Waals surface area contributed by atoms with Gasteiger partial charge in [-0.05, 0) is 41.8 Å². The maximum absolute atomic E-state index is 11.6. The first-order valence-electron chi connectivity index (χ1n) is 6.89. The van der Waals surface area contributed by atoms with Gasteiger partial charge in [-0.2, -0.15) is 0 Å². The van der Waals surface area contributed by atoms with Crippen molar-refractivity contribution in [3.05, 3.63) is 52.6 Å². The highest BCUT2D eigenvalue weighted by Crippen LogP contribution is 2.43. The highest BCUT2D eigenvalue weighted by atomic mass is 16.4. The average Bonchev–Trinajstić information content (AvgIpc) is 2.52. The Labute approximate surface area is 131 Å². The Kier molecular flexibility index (Phi) is 3.37. The van der Waals surface area contributed by atoms with Gasteiger partial charge in [-0.25, -0.2) is 4.79 Å². The van der Waals surface area contributed by atoms with Crippen LogP contribution in [0.25, 0.3) is 6.08 Å². The number of hydrogen-bond donors (Lipinski definition) is 5. The second-order valence-electron chi connectivity index (χ2n) is 5.41. The number of phenolic OH excluding ortho intramolecular Hbond substituents is 4. The van der Waals surface area contributed by atoms with E-state index in [1.807, 2.05) is 0 Å². The standard InChI is InChI=1S/C17H14O6/c18-13-3-1-9(6-15(13)20)10-7-11-8(5-12(10)17(22)23)2-4-14(19)16(11)21/h1-6,10,18-21H,7H2,(H,22,23). The van der Waals surface area contributed by atoms with Crippen molar-refractivity contribution in [3.8, 4) is 23.0 Å². The van der Waals surface area contributed by atoms with E-state index in [2.05, 4.69) is 0 Å². The van der Waals surface area contributed by atoms with Gasteiger partial charge in [-0.3, -0.25) is 0 Å². The lowest BCUT2D eigenvalue weighted by atomic mass is 9.79. The third kappa shape index (κ3) is 2.44. The Morgan fingerprint density at radius 2 is 1.65 bits per heavy atom. The average molecular weight is 314 g/mol. The molecule has 0 bridgehead atoms. The summed E-state index contributed by atoms with van der Waals surface area (Å²) in [6, 6.07) is 6.93. The molecule has 0 aromatic heterocycles. The van der Waals surface area contributed by atoms with Crippen LogP contribution < -0.4 is 0 Å². The van der Waals surface area contributed by atoms with Crippen molar-refractivity contribution >= 4 is 12.0 Å². The normalized spacial score (nSPS) is 16.5. The maximum Gasteiger partial charge on any atom is 0.332 e. The molecule has 2 aromatic carbocycles. The summed E-state index contributed by atoms with van der Waals surface area (Å²) >= 11 is 0. The van der Waals surface area contributed by atoms with Crippen LogP contribution in [0.1, 0.15) is 22.6 Å². The zero-order valence-corrected chi connectivity index (χ0v) is 11.9. The fourth-order valence-corrected chi connectivity index (χ4v) is 2.84. The zero-order valence-electron chi connectivity index (χ0n) is 11.9. The van der Waals surface area contributed by atoms with Crippen molar-refractivity contribution in [2.75, 3.05) is 0 Å². The fraction of sp³-hybridized carbons (Fsp3) is 0.118. The predicted molar refractivity (Wildman–Crippen MR) is 81.6 cm³/mol. The number of carbonyl (C=O) groups is 1. The molecule has 0 amide bonds. The number of aromatic hydroxyl groups is 4. The van der Waals surface area contributed by atoms with E-state index in [0.717, 1.165) is 0 Å². The van der Waals surface area contributed by atoms with Gasteiger partial charge in [0.25, 0.3) is 0 Å². The molecule has 0 spiro atoms. The van der Waals surface area contributed by atoms with Crippen molar-refractivity contribution < 1.29 is 30.3 Å². The van der Waals surface area contributed by atoms with Gasteiger partial charge >= 0.3 is 5.97 Å². The van der Waals surface area contributed by atoms with Crippen molar-refractivity contribution in [1.29, 1.82) is 0 Å². The fourth-order valence-electron chi connectivity index (χ4n) is 2.84. The molecule has 3 rings (SSSR count). The SMILES string of the molecule is O=C(O)C1=Cc2ccc(O)c(O)c2CC1c1ccc(O)c(O)c1. The third-order valence-electron chi connectivity index (χ3n) is 4.04. The van der Waals surface area contributed by atoms with E-state index >= 15 is 0 Å². The smallest absolute Gasteiger partial charge is 0.332 e. The Hall–Kier alpha value is -3.15. The predicted octanol–water partition coefficient (Wildman–Crippen LogP) is 2.32. The van der Waals surface area contributed by atoms with Crippen molar-refractivity contribution in [2.45, 2.75) is 12.3 Å². The molecule has 0 saturated heterocycles. The molecule has 1 aliphatic rings. The van der Waals surface area contributed by atoms with E-state index < -0.39 is 11.9 Å². The summed E-state index contributed by atoms with van der Waals surface area (Å²) in [4.78, 5) is 11.6. The molecule has 6 heteroatoms. The monoisotopic (exact) mass is 314 g/mol. The molecule has 0 aliphatic heterocycles. The summed E-state index contributed by atoms with van der Waals surface area (Å²) in [5.74, 6) is -2.94. The van der Waals surface area contributed by atoms with Gasteiger partial charge in [0, 0.05) is 17.1 Å². The number of phenols is 4. The van der Waals surface area contributed by atoms with Crippen LogP contribution in [0.15, 0.2) is 35.9 Å². The second-order valence-corrected chi connectivity index (χ2v) is 5.41. The highest BCUT2D eigenvalue weighted by Gasteiger charge is 2.30. The Morgan fingerprint density at radius 1 is 0.957 bits per heavy atom. The summed E-state index contributed by atoms with van der Waals surface area (Å²) in [5, 5.41) is 48.1. The lowest BCUT2D eigenvalue weighted by molar-refractivity contribution is -0.132. The lowest BCUT2D eigenvalue weighted by Crippen LogP contribution is -2.17. The van der Waals surface area contributed by atoms with E-state index in [9.17, 15) is 30.3 Å². The molecule has 2 aromatic rings. The zero-order chi connectivity index (χ0) is 16.7. The van der Waals surface area contributed by atoms with Crippen LogP contribution in [0, 0.1) is 0 Å². The minimum absolute atomic E-state index is 0.104. The first kappa shape index (κ1) is 14.8. The molecule has 0 heterocycles. The Morgan fingerprint density at radius 3 is 2.30 bits per heavy atom. The van der Waals surface area contributed by atoms with Crippen molar-refractivity contribution in [2.24, 2.45) is 0 Å². The largest absolute Gasteiger partial charge is 0.504 e. The quantitative estimate of drug-likeness (QED) is 0.543. The molecule has 5 N–H and O–H groups in total. The third-order valence-corrected chi connectivity index (χ3v) is 4.04. The van der Waals surface area contributed by atoms with Crippen LogP contribution in [-0.4, -0.2) is 31.5 Å². The summed E-state index contributed by atoms with van der Waals surface area (Å²) in [5.41, 5.74) is 1.56. The summed E-state index contributed by atoms with van der Waals surface area (Å²) < 4.78 is 0. The van der Waals surface area contributed by atoms with E-state index in [1.165, 1.54) is 36.4 Å². The molecule has 6 nitrogen and oxygen atoms in total. The van der Waals surface area contributed by atoms with Gasteiger partial charge in [0.2, 0.25) is 0 Å². The van der Waals surface area contributed by atoms with E-state index in [1.54, 1.807) is 0 Å². The Balaban J connectivity index is 2.15. The molecule has 1 atom stereocenters. The van der Waals surface area contributed by atoms with Gasteiger partial charge in [0.1, 0.15) is 0 Å². The van der Waals surface area contributed by atoms with Gasteiger partial charge in [0.15, 0.2) is 23.0 Å². The van der Waals surface area contributed by atoms with Crippen LogP contribution in [0.5, 0.6) is 23.0 Å². The molecule has 1 aliphatic carbocycles. The number of fused-ring (bicyclic) bond motifs is 1. The number of carboxylic acids is 1. The molecule has 23 heavy (non-hydrogen) atoms. The van der Waals surface area contributed by atoms with E-state index in [0.29, 0.717) is 16.7 Å². The molecule has 118 valence electrons. The van der Waals surface area contributed by atoms with Gasteiger partial charge in [-0.15, -0.1) is 0 Å². The number of carboxylic acid groups (broad SMARTS) is 1. The van der Waals surface area contributed by atoms with Gasteiger partial charge in [0.05, 0.1) is 0 Å². The summed E-state index contributed by atoms with van der Waals surface area (Å²) in [7, 11) is 0. The van der Waals surface area contributed by atoms with Crippen LogP contribution in [0.3, 0.4) is 0 Å². The number of rotatable bonds is 2. The topological polar surface area (TPSA) is 118 Å². The molecular formula is C17H14O6. The lowest BCUT2D eigenvalue weighted by Gasteiger charge is -2.25. The molecule has 0 radical (unpaired) electrons. The maximum atomic E-state index is 11.6. The summed E-state index contributed by atoms with van der Waals surface area (Å²) in [6.45, 7) is 0. The first-order chi connectivity index (χ1) is 10.9. The van der Waals surface area contributed by atoms with Crippen LogP contribution in [0.2, 0.25) is 0 Å². The second kappa shape index (κ2) is 5.24.